The van der Waals surface area contributed by atoms with E-state index in [1.54, 1.807) is 0 Å². The lowest BCUT2D eigenvalue weighted by molar-refractivity contribution is 0.0307. The molecule has 1 fully saturated rings. The third kappa shape index (κ3) is 2.01. The Bertz CT molecular complexity index is 146. The minimum Gasteiger partial charge on any atom is -0.296 e. The standard InChI is InChI=1S/C11H23N/c1-9-7-6-8-12(10(9)2)11(3,4)5/h9-10H,6-8H2,1-5H3/t9-,10-/m1/s1. The molecule has 1 rings (SSSR count). The fourth-order valence-electron chi connectivity index (χ4n) is 2.28. The highest BCUT2D eigenvalue weighted by molar-refractivity contribution is 4.86. The molecule has 1 heterocycles. The van der Waals surface area contributed by atoms with E-state index in [0.717, 1.165) is 12.0 Å². The summed E-state index contributed by atoms with van der Waals surface area (Å²) in [5.41, 5.74) is 0.355. The Balaban J connectivity index is 2.64. The Hall–Kier alpha value is -0.0400. The lowest BCUT2D eigenvalue weighted by Gasteiger charge is -2.46. The molecule has 0 unspecified atom stereocenters. The summed E-state index contributed by atoms with van der Waals surface area (Å²) in [6, 6.07) is 0.763. The predicted octanol–water partition coefficient (Wildman–Crippen LogP) is 2.91. The maximum Gasteiger partial charge on any atom is 0.0127 e. The van der Waals surface area contributed by atoms with Gasteiger partial charge in [0.2, 0.25) is 0 Å². The smallest absolute Gasteiger partial charge is 0.0127 e. The monoisotopic (exact) mass is 169 g/mol. The molecule has 0 spiro atoms. The van der Waals surface area contributed by atoms with E-state index in [-0.39, 0.29) is 0 Å². The molecule has 1 aliphatic heterocycles. The van der Waals surface area contributed by atoms with Crippen molar-refractivity contribution >= 4 is 0 Å². The van der Waals surface area contributed by atoms with Gasteiger partial charge in [0, 0.05) is 11.6 Å². The second-order valence-corrected chi connectivity index (χ2v) is 5.22. The summed E-state index contributed by atoms with van der Waals surface area (Å²) in [7, 11) is 0. The van der Waals surface area contributed by atoms with Gasteiger partial charge in [0.15, 0.2) is 0 Å². The zero-order valence-electron chi connectivity index (χ0n) is 9.22. The molecule has 0 aromatic carbocycles. The SMILES string of the molecule is C[C@@H]1CCCN(C(C)(C)C)[C@@H]1C. The Morgan fingerprint density at radius 3 is 2.17 bits per heavy atom. The zero-order chi connectivity index (χ0) is 9.35. The highest BCUT2D eigenvalue weighted by Crippen LogP contribution is 2.28. The lowest BCUT2D eigenvalue weighted by Crippen LogP contribution is -2.52. The molecule has 0 aliphatic carbocycles. The third-order valence-electron chi connectivity index (χ3n) is 3.24. The Labute approximate surface area is 77.1 Å². The van der Waals surface area contributed by atoms with Crippen LogP contribution < -0.4 is 0 Å². The number of nitrogens with zero attached hydrogens (tertiary/aromatic N) is 1. The molecule has 2 atom stereocenters. The predicted molar refractivity (Wildman–Crippen MR) is 54.3 cm³/mol. The van der Waals surface area contributed by atoms with Gasteiger partial charge in [-0.05, 0) is 53.0 Å². The summed E-state index contributed by atoms with van der Waals surface area (Å²) in [6.45, 7) is 13.0. The van der Waals surface area contributed by atoms with Crippen molar-refractivity contribution in [2.45, 2.75) is 59.0 Å². The zero-order valence-corrected chi connectivity index (χ0v) is 9.22. The van der Waals surface area contributed by atoms with Crippen LogP contribution >= 0.6 is 0 Å². The molecule has 0 saturated carbocycles. The second-order valence-electron chi connectivity index (χ2n) is 5.22. The maximum atomic E-state index is 2.64. The third-order valence-corrected chi connectivity index (χ3v) is 3.24. The first-order chi connectivity index (χ1) is 5.43. The van der Waals surface area contributed by atoms with E-state index >= 15 is 0 Å². The molecule has 0 bridgehead atoms. The first kappa shape index (κ1) is 10.0. The Morgan fingerprint density at radius 2 is 1.75 bits per heavy atom. The highest BCUT2D eigenvalue weighted by Gasteiger charge is 2.31. The average molecular weight is 169 g/mol. The molecule has 1 saturated heterocycles. The quantitative estimate of drug-likeness (QED) is 0.539. The van der Waals surface area contributed by atoms with Gasteiger partial charge < -0.3 is 0 Å². The molecule has 1 aliphatic rings. The van der Waals surface area contributed by atoms with Crippen LogP contribution in [0.1, 0.15) is 47.5 Å². The van der Waals surface area contributed by atoms with Crippen molar-refractivity contribution in [2.75, 3.05) is 6.54 Å². The lowest BCUT2D eigenvalue weighted by atomic mass is 9.88. The van der Waals surface area contributed by atoms with E-state index in [1.165, 1.54) is 19.4 Å². The molecule has 1 heteroatoms. The normalized spacial score (nSPS) is 33.8. The van der Waals surface area contributed by atoms with Crippen LogP contribution in [0.15, 0.2) is 0 Å². The Kier molecular flexibility index (Phi) is 2.82. The molecule has 12 heavy (non-hydrogen) atoms. The highest BCUT2D eigenvalue weighted by atomic mass is 15.2. The van der Waals surface area contributed by atoms with Crippen molar-refractivity contribution in [2.24, 2.45) is 5.92 Å². The van der Waals surface area contributed by atoms with Crippen LogP contribution in [0.4, 0.5) is 0 Å². The van der Waals surface area contributed by atoms with Crippen LogP contribution in [0.5, 0.6) is 0 Å². The van der Waals surface area contributed by atoms with Gasteiger partial charge in [-0.2, -0.15) is 0 Å². The first-order valence-electron chi connectivity index (χ1n) is 5.19. The molecule has 0 N–H and O–H groups in total. The topological polar surface area (TPSA) is 3.24 Å². The molecule has 1 nitrogen and oxygen atoms in total. The van der Waals surface area contributed by atoms with Gasteiger partial charge in [-0.25, -0.2) is 0 Å². The largest absolute Gasteiger partial charge is 0.296 e. The molecule has 0 amide bonds. The molecule has 72 valence electrons. The van der Waals surface area contributed by atoms with E-state index in [1.807, 2.05) is 0 Å². The van der Waals surface area contributed by atoms with Gasteiger partial charge in [-0.1, -0.05) is 6.92 Å². The Morgan fingerprint density at radius 1 is 1.17 bits per heavy atom. The van der Waals surface area contributed by atoms with Crippen LogP contribution in [0.3, 0.4) is 0 Å². The van der Waals surface area contributed by atoms with Gasteiger partial charge in [-0.3, -0.25) is 4.90 Å². The van der Waals surface area contributed by atoms with E-state index in [9.17, 15) is 0 Å². The molecule has 0 aromatic heterocycles. The van der Waals surface area contributed by atoms with Gasteiger partial charge in [0.25, 0.3) is 0 Å². The van der Waals surface area contributed by atoms with Crippen molar-refractivity contribution < 1.29 is 0 Å². The van der Waals surface area contributed by atoms with E-state index in [0.29, 0.717) is 5.54 Å². The second kappa shape index (κ2) is 3.37. The molecular weight excluding hydrogens is 146 g/mol. The minimum absolute atomic E-state index is 0.355. The summed E-state index contributed by atoms with van der Waals surface area (Å²) < 4.78 is 0. The van der Waals surface area contributed by atoms with Crippen LogP contribution in [0.2, 0.25) is 0 Å². The maximum absolute atomic E-state index is 2.64. The number of likely N-dealkylation sites (tertiary alicyclic amines) is 1. The van der Waals surface area contributed by atoms with Crippen molar-refractivity contribution in [1.29, 1.82) is 0 Å². The fourth-order valence-corrected chi connectivity index (χ4v) is 2.28. The summed E-state index contributed by atoms with van der Waals surface area (Å²) in [5, 5.41) is 0. The molecule has 0 aromatic rings. The van der Waals surface area contributed by atoms with Crippen LogP contribution in [0.25, 0.3) is 0 Å². The number of hydrogen-bond donors (Lipinski definition) is 0. The average Bonchev–Trinajstić information content (AvgIpc) is 1.92. The van der Waals surface area contributed by atoms with E-state index < -0.39 is 0 Å². The fraction of sp³-hybridized carbons (Fsp3) is 1.00. The number of rotatable bonds is 0. The van der Waals surface area contributed by atoms with Gasteiger partial charge in [0.05, 0.1) is 0 Å². The summed E-state index contributed by atoms with van der Waals surface area (Å²) in [6.07, 6.45) is 2.79. The molecular formula is C11H23N. The van der Waals surface area contributed by atoms with Crippen LogP contribution in [-0.2, 0) is 0 Å². The van der Waals surface area contributed by atoms with Gasteiger partial charge in [-0.15, -0.1) is 0 Å². The van der Waals surface area contributed by atoms with Crippen molar-refractivity contribution in [3.05, 3.63) is 0 Å². The van der Waals surface area contributed by atoms with Crippen molar-refractivity contribution in [3.8, 4) is 0 Å². The van der Waals surface area contributed by atoms with Gasteiger partial charge in [0.1, 0.15) is 0 Å². The minimum atomic E-state index is 0.355. The van der Waals surface area contributed by atoms with Crippen LogP contribution in [-0.4, -0.2) is 23.0 Å². The summed E-state index contributed by atoms with van der Waals surface area (Å²) >= 11 is 0. The summed E-state index contributed by atoms with van der Waals surface area (Å²) in [4.78, 5) is 2.64. The van der Waals surface area contributed by atoms with Crippen molar-refractivity contribution in [3.63, 3.8) is 0 Å². The number of hydrogen-bond acceptors (Lipinski definition) is 1. The van der Waals surface area contributed by atoms with E-state index in [4.69, 9.17) is 0 Å². The molecule has 0 radical (unpaired) electrons. The first-order valence-corrected chi connectivity index (χ1v) is 5.19. The summed E-state index contributed by atoms with van der Waals surface area (Å²) in [5.74, 6) is 0.873. The number of piperidine rings is 1. The van der Waals surface area contributed by atoms with E-state index in [2.05, 4.69) is 39.5 Å². The van der Waals surface area contributed by atoms with Crippen molar-refractivity contribution in [1.82, 2.24) is 4.90 Å². The van der Waals surface area contributed by atoms with Gasteiger partial charge >= 0.3 is 0 Å². The van der Waals surface area contributed by atoms with Crippen LogP contribution in [0, 0.1) is 5.92 Å².